The fourth-order valence-electron chi connectivity index (χ4n) is 1.73. The van der Waals surface area contributed by atoms with Gasteiger partial charge in [0.1, 0.15) is 6.04 Å². The van der Waals surface area contributed by atoms with E-state index in [1.807, 2.05) is 27.7 Å². The van der Waals surface area contributed by atoms with E-state index in [9.17, 15) is 9.59 Å². The monoisotopic (exact) mass is 227 g/mol. The van der Waals surface area contributed by atoms with Gasteiger partial charge < -0.3 is 10.4 Å². The fourth-order valence-corrected chi connectivity index (χ4v) is 1.73. The van der Waals surface area contributed by atoms with Gasteiger partial charge in [-0.3, -0.25) is 4.79 Å². The molecule has 1 aliphatic carbocycles. The number of carbonyl (C=O) groups excluding carboxylic acids is 1. The number of hydrogen-bond donors (Lipinski definition) is 2. The quantitative estimate of drug-likeness (QED) is 0.767. The average molecular weight is 227 g/mol. The van der Waals surface area contributed by atoms with Gasteiger partial charge in [-0.1, -0.05) is 27.7 Å². The van der Waals surface area contributed by atoms with Crippen LogP contribution in [0.1, 0.15) is 40.5 Å². The summed E-state index contributed by atoms with van der Waals surface area (Å²) in [7, 11) is 0. The lowest BCUT2D eigenvalue weighted by molar-refractivity contribution is -0.145. The Balaban J connectivity index is 2.61. The first-order valence-corrected chi connectivity index (χ1v) is 5.76. The van der Waals surface area contributed by atoms with Crippen molar-refractivity contribution in [3.05, 3.63) is 0 Å². The maximum atomic E-state index is 11.8. The van der Waals surface area contributed by atoms with Crippen LogP contribution in [-0.2, 0) is 9.59 Å². The number of aliphatic carboxylic acids is 1. The lowest BCUT2D eigenvalue weighted by Crippen LogP contribution is -2.50. The van der Waals surface area contributed by atoms with Crippen molar-refractivity contribution in [2.45, 2.75) is 46.6 Å². The van der Waals surface area contributed by atoms with E-state index in [4.69, 9.17) is 5.11 Å². The van der Waals surface area contributed by atoms with E-state index in [-0.39, 0.29) is 11.8 Å². The fraction of sp³-hybridized carbons (Fsp3) is 0.833. The molecule has 0 heterocycles. The van der Waals surface area contributed by atoms with Gasteiger partial charge in [0.25, 0.3) is 0 Å². The highest BCUT2D eigenvalue weighted by atomic mass is 16.4. The zero-order valence-electron chi connectivity index (χ0n) is 10.4. The third-order valence-electron chi connectivity index (χ3n) is 3.14. The summed E-state index contributed by atoms with van der Waals surface area (Å²) in [5.74, 6) is -0.715. The number of hydrogen-bond acceptors (Lipinski definition) is 2. The molecule has 92 valence electrons. The predicted octanol–water partition coefficient (Wildman–Crippen LogP) is 1.65. The Labute approximate surface area is 96.4 Å². The molecule has 0 aromatic heterocycles. The number of rotatable bonds is 4. The molecule has 16 heavy (non-hydrogen) atoms. The molecule has 0 saturated heterocycles. The average Bonchev–Trinajstić information content (AvgIpc) is 2.92. The van der Waals surface area contributed by atoms with Gasteiger partial charge in [-0.15, -0.1) is 0 Å². The molecule has 1 amide bonds. The summed E-state index contributed by atoms with van der Waals surface area (Å²) in [5.41, 5.74) is -0.467. The zero-order valence-corrected chi connectivity index (χ0v) is 10.4. The molecule has 1 rings (SSSR count). The van der Waals surface area contributed by atoms with Crippen LogP contribution in [0.4, 0.5) is 0 Å². The van der Waals surface area contributed by atoms with Crippen molar-refractivity contribution < 1.29 is 14.7 Å². The normalized spacial score (nSPS) is 20.0. The molecule has 0 aromatic rings. The maximum Gasteiger partial charge on any atom is 0.326 e. The molecular formula is C12H21NO3. The van der Waals surface area contributed by atoms with Crippen LogP contribution in [0.2, 0.25) is 0 Å². The van der Waals surface area contributed by atoms with E-state index < -0.39 is 17.4 Å². The lowest BCUT2D eigenvalue weighted by Gasteiger charge is -2.28. The summed E-state index contributed by atoms with van der Waals surface area (Å²) in [6, 6.07) is -0.818. The molecule has 1 saturated carbocycles. The van der Waals surface area contributed by atoms with E-state index in [1.165, 1.54) is 0 Å². The molecule has 0 bridgehead atoms. The molecule has 0 aromatic carbocycles. The number of nitrogens with one attached hydrogen (secondary N) is 1. The summed E-state index contributed by atoms with van der Waals surface area (Å²) in [6.45, 7) is 7.31. The van der Waals surface area contributed by atoms with E-state index >= 15 is 0 Å². The van der Waals surface area contributed by atoms with Crippen LogP contribution >= 0.6 is 0 Å². The van der Waals surface area contributed by atoms with Gasteiger partial charge in [-0.25, -0.2) is 4.79 Å². The highest BCUT2D eigenvalue weighted by Crippen LogP contribution is 2.36. The number of carboxylic acids is 1. The maximum absolute atomic E-state index is 11.8. The number of amides is 1. The van der Waals surface area contributed by atoms with Crippen LogP contribution in [-0.4, -0.2) is 23.0 Å². The van der Waals surface area contributed by atoms with Crippen LogP contribution in [0, 0.1) is 17.3 Å². The molecule has 0 aliphatic heterocycles. The Morgan fingerprint density at radius 2 is 1.81 bits per heavy atom. The number of carboxylic acid groups (broad SMARTS) is 1. The van der Waals surface area contributed by atoms with E-state index in [0.717, 1.165) is 12.8 Å². The van der Waals surface area contributed by atoms with Crippen molar-refractivity contribution in [3.8, 4) is 0 Å². The minimum Gasteiger partial charge on any atom is -0.480 e. The first-order valence-electron chi connectivity index (χ1n) is 5.76. The van der Waals surface area contributed by atoms with Gasteiger partial charge in [0.05, 0.1) is 0 Å². The van der Waals surface area contributed by atoms with Crippen molar-refractivity contribution in [1.29, 1.82) is 0 Å². The van der Waals surface area contributed by atoms with E-state index in [1.54, 1.807) is 0 Å². The second-order valence-electron chi connectivity index (χ2n) is 5.77. The van der Waals surface area contributed by atoms with Crippen molar-refractivity contribution >= 4 is 11.9 Å². The third kappa shape index (κ3) is 3.22. The van der Waals surface area contributed by atoms with Gasteiger partial charge in [-0.05, 0) is 24.2 Å². The Morgan fingerprint density at radius 3 is 2.12 bits per heavy atom. The molecule has 4 heteroatoms. The first kappa shape index (κ1) is 13.0. The standard InChI is InChI=1S/C12H21NO3/c1-7(8-5-6-8)10(14)13-9(11(15)16)12(2,3)4/h7-9H,5-6H2,1-4H3,(H,13,14)(H,15,16)/t7?,9-/m1/s1. The van der Waals surface area contributed by atoms with E-state index in [2.05, 4.69) is 5.32 Å². The van der Waals surface area contributed by atoms with Crippen LogP contribution in [0.25, 0.3) is 0 Å². The van der Waals surface area contributed by atoms with E-state index in [0.29, 0.717) is 5.92 Å². The molecule has 0 radical (unpaired) electrons. The second-order valence-corrected chi connectivity index (χ2v) is 5.77. The summed E-state index contributed by atoms with van der Waals surface area (Å²) < 4.78 is 0. The largest absolute Gasteiger partial charge is 0.480 e. The predicted molar refractivity (Wildman–Crippen MR) is 60.9 cm³/mol. The minimum atomic E-state index is -0.969. The molecule has 1 fully saturated rings. The van der Waals surface area contributed by atoms with Crippen LogP contribution < -0.4 is 5.32 Å². The number of carbonyl (C=O) groups is 2. The molecule has 0 spiro atoms. The lowest BCUT2D eigenvalue weighted by atomic mass is 9.86. The Morgan fingerprint density at radius 1 is 1.31 bits per heavy atom. The summed E-state index contributed by atoms with van der Waals surface area (Å²) in [4.78, 5) is 22.9. The van der Waals surface area contributed by atoms with Crippen LogP contribution in [0.15, 0.2) is 0 Å². The molecule has 2 atom stereocenters. The summed E-state index contributed by atoms with van der Waals surface area (Å²) in [5, 5.41) is 11.7. The second kappa shape index (κ2) is 4.44. The zero-order chi connectivity index (χ0) is 12.5. The SMILES string of the molecule is CC(C(=O)N[C@H](C(=O)O)C(C)(C)C)C1CC1. The summed E-state index contributed by atoms with van der Waals surface area (Å²) >= 11 is 0. The molecule has 1 aliphatic rings. The smallest absolute Gasteiger partial charge is 0.326 e. The van der Waals surface area contributed by atoms with Gasteiger partial charge in [-0.2, -0.15) is 0 Å². The van der Waals surface area contributed by atoms with Crippen molar-refractivity contribution in [2.75, 3.05) is 0 Å². The minimum absolute atomic E-state index is 0.0656. The first-order chi connectivity index (χ1) is 7.23. The van der Waals surface area contributed by atoms with Gasteiger partial charge >= 0.3 is 5.97 Å². The highest BCUT2D eigenvalue weighted by molar-refractivity contribution is 5.85. The van der Waals surface area contributed by atoms with Gasteiger partial charge in [0.15, 0.2) is 0 Å². The molecule has 2 N–H and O–H groups in total. The topological polar surface area (TPSA) is 66.4 Å². The third-order valence-corrected chi connectivity index (χ3v) is 3.14. The van der Waals surface area contributed by atoms with Gasteiger partial charge in [0, 0.05) is 5.92 Å². The van der Waals surface area contributed by atoms with Crippen molar-refractivity contribution in [1.82, 2.24) is 5.32 Å². The Hall–Kier alpha value is -1.06. The van der Waals surface area contributed by atoms with Crippen LogP contribution in [0.5, 0.6) is 0 Å². The summed E-state index contributed by atoms with van der Waals surface area (Å²) in [6.07, 6.45) is 2.17. The Kier molecular flexibility index (Phi) is 3.61. The molecular weight excluding hydrogens is 206 g/mol. The van der Waals surface area contributed by atoms with Gasteiger partial charge in [0.2, 0.25) is 5.91 Å². The van der Waals surface area contributed by atoms with Crippen molar-refractivity contribution in [3.63, 3.8) is 0 Å². The van der Waals surface area contributed by atoms with Crippen LogP contribution in [0.3, 0.4) is 0 Å². The molecule has 1 unspecified atom stereocenters. The molecule has 4 nitrogen and oxygen atoms in total. The highest BCUT2D eigenvalue weighted by Gasteiger charge is 2.37. The van der Waals surface area contributed by atoms with Crippen molar-refractivity contribution in [2.24, 2.45) is 17.3 Å². The Bertz CT molecular complexity index is 289.